The Hall–Kier alpha value is -0.860. The fourth-order valence-corrected chi connectivity index (χ4v) is 1.13. The topological polar surface area (TPSA) is 38.9 Å². The third-order valence-electron chi connectivity index (χ3n) is 1.97. The Morgan fingerprint density at radius 1 is 1.60 bits per heavy atom. The molecule has 3 nitrogen and oxygen atoms in total. The standard InChI is InChI=1S/C7H10N2O/c1-4-3-6(4)7-8-5(2)9-10-7/h4,6H,3H2,1-2H3/t4-,6-/m0/s1. The van der Waals surface area contributed by atoms with Crippen molar-refractivity contribution in [3.63, 3.8) is 0 Å². The van der Waals surface area contributed by atoms with Crippen LogP contribution in [0.1, 0.15) is 31.0 Å². The van der Waals surface area contributed by atoms with Crippen molar-refractivity contribution in [2.75, 3.05) is 0 Å². The highest BCUT2D eigenvalue weighted by atomic mass is 16.5. The van der Waals surface area contributed by atoms with E-state index in [4.69, 9.17) is 4.52 Å². The van der Waals surface area contributed by atoms with Gasteiger partial charge in [-0.1, -0.05) is 12.1 Å². The Kier molecular flexibility index (Phi) is 1.07. The Labute approximate surface area is 59.4 Å². The summed E-state index contributed by atoms with van der Waals surface area (Å²) in [5.41, 5.74) is 0. The van der Waals surface area contributed by atoms with Crippen LogP contribution in [0.4, 0.5) is 0 Å². The third-order valence-corrected chi connectivity index (χ3v) is 1.97. The van der Waals surface area contributed by atoms with Crippen molar-refractivity contribution in [3.05, 3.63) is 11.7 Å². The molecule has 0 aromatic carbocycles. The molecule has 2 atom stereocenters. The number of hydrogen-bond acceptors (Lipinski definition) is 3. The van der Waals surface area contributed by atoms with E-state index in [9.17, 15) is 0 Å². The van der Waals surface area contributed by atoms with Crippen LogP contribution < -0.4 is 0 Å². The second-order valence-electron chi connectivity index (χ2n) is 3.00. The summed E-state index contributed by atoms with van der Waals surface area (Å²) in [4.78, 5) is 4.15. The Morgan fingerprint density at radius 3 is 2.70 bits per heavy atom. The first kappa shape index (κ1) is 5.89. The monoisotopic (exact) mass is 138 g/mol. The highest BCUT2D eigenvalue weighted by Crippen LogP contribution is 2.45. The van der Waals surface area contributed by atoms with Gasteiger partial charge in [-0.2, -0.15) is 4.98 Å². The normalized spacial score (nSPS) is 30.6. The van der Waals surface area contributed by atoms with Crippen molar-refractivity contribution in [3.8, 4) is 0 Å². The molecule has 1 aromatic rings. The molecule has 3 heteroatoms. The fraction of sp³-hybridized carbons (Fsp3) is 0.714. The van der Waals surface area contributed by atoms with E-state index in [1.165, 1.54) is 6.42 Å². The minimum Gasteiger partial charge on any atom is -0.339 e. The molecule has 0 aliphatic heterocycles. The first-order valence-electron chi connectivity index (χ1n) is 3.57. The van der Waals surface area contributed by atoms with E-state index >= 15 is 0 Å². The Morgan fingerprint density at radius 2 is 2.30 bits per heavy atom. The molecular weight excluding hydrogens is 128 g/mol. The van der Waals surface area contributed by atoms with Crippen LogP contribution in [0.2, 0.25) is 0 Å². The van der Waals surface area contributed by atoms with E-state index in [0.717, 1.165) is 17.6 Å². The Bertz CT molecular complexity index is 244. The molecule has 0 radical (unpaired) electrons. The van der Waals surface area contributed by atoms with E-state index in [2.05, 4.69) is 17.1 Å². The second kappa shape index (κ2) is 1.81. The molecule has 0 unspecified atom stereocenters. The van der Waals surface area contributed by atoms with Crippen molar-refractivity contribution in [2.24, 2.45) is 5.92 Å². The highest BCUT2D eigenvalue weighted by molar-refractivity contribution is 5.05. The predicted molar refractivity (Wildman–Crippen MR) is 35.6 cm³/mol. The van der Waals surface area contributed by atoms with Gasteiger partial charge in [0.2, 0.25) is 5.89 Å². The maximum atomic E-state index is 5.00. The zero-order valence-electron chi connectivity index (χ0n) is 6.16. The van der Waals surface area contributed by atoms with Crippen LogP contribution in [0.5, 0.6) is 0 Å². The molecule has 54 valence electrons. The van der Waals surface area contributed by atoms with Gasteiger partial charge in [0.15, 0.2) is 5.82 Å². The molecule has 0 N–H and O–H groups in total. The largest absolute Gasteiger partial charge is 0.339 e. The average molecular weight is 138 g/mol. The Balaban J connectivity index is 2.20. The van der Waals surface area contributed by atoms with Crippen molar-refractivity contribution in [2.45, 2.75) is 26.2 Å². The van der Waals surface area contributed by atoms with Crippen LogP contribution >= 0.6 is 0 Å². The quantitative estimate of drug-likeness (QED) is 0.590. The summed E-state index contributed by atoms with van der Waals surface area (Å²) in [6.07, 6.45) is 1.21. The maximum absolute atomic E-state index is 5.00. The molecule has 1 saturated carbocycles. The van der Waals surface area contributed by atoms with E-state index in [0.29, 0.717) is 5.92 Å². The van der Waals surface area contributed by atoms with E-state index in [-0.39, 0.29) is 0 Å². The summed E-state index contributed by atoms with van der Waals surface area (Å²) in [5, 5.41) is 3.73. The van der Waals surface area contributed by atoms with Gasteiger partial charge in [-0.25, -0.2) is 0 Å². The lowest BCUT2D eigenvalue weighted by Crippen LogP contribution is -1.79. The molecular formula is C7H10N2O. The summed E-state index contributed by atoms with van der Waals surface area (Å²) in [6, 6.07) is 0. The first-order chi connectivity index (χ1) is 4.77. The summed E-state index contributed by atoms with van der Waals surface area (Å²) in [5.74, 6) is 2.88. The van der Waals surface area contributed by atoms with Gasteiger partial charge in [-0.05, 0) is 19.3 Å². The lowest BCUT2D eigenvalue weighted by atomic mass is 10.3. The van der Waals surface area contributed by atoms with Crippen LogP contribution in [0.3, 0.4) is 0 Å². The number of hydrogen-bond donors (Lipinski definition) is 0. The van der Waals surface area contributed by atoms with Gasteiger partial charge >= 0.3 is 0 Å². The van der Waals surface area contributed by atoms with E-state index in [1.807, 2.05) is 6.92 Å². The summed E-state index contributed by atoms with van der Waals surface area (Å²) in [6.45, 7) is 4.05. The zero-order valence-corrected chi connectivity index (χ0v) is 6.16. The van der Waals surface area contributed by atoms with Crippen molar-refractivity contribution >= 4 is 0 Å². The number of nitrogens with zero attached hydrogens (tertiary/aromatic N) is 2. The molecule has 0 amide bonds. The highest BCUT2D eigenvalue weighted by Gasteiger charge is 2.38. The number of rotatable bonds is 1. The zero-order chi connectivity index (χ0) is 7.14. The van der Waals surface area contributed by atoms with Gasteiger partial charge in [0.25, 0.3) is 0 Å². The van der Waals surface area contributed by atoms with Crippen LogP contribution in [-0.4, -0.2) is 10.1 Å². The number of aryl methyl sites for hydroxylation is 1. The molecule has 1 fully saturated rings. The third kappa shape index (κ3) is 0.818. The number of aromatic nitrogens is 2. The molecule has 2 rings (SSSR count). The molecule has 10 heavy (non-hydrogen) atoms. The smallest absolute Gasteiger partial charge is 0.230 e. The van der Waals surface area contributed by atoms with Crippen LogP contribution in [0, 0.1) is 12.8 Å². The minimum absolute atomic E-state index is 0.557. The first-order valence-corrected chi connectivity index (χ1v) is 3.57. The molecule has 0 bridgehead atoms. The predicted octanol–water partition coefficient (Wildman–Crippen LogP) is 1.50. The van der Waals surface area contributed by atoms with Crippen molar-refractivity contribution in [1.29, 1.82) is 0 Å². The maximum Gasteiger partial charge on any atom is 0.230 e. The minimum atomic E-state index is 0.557. The summed E-state index contributed by atoms with van der Waals surface area (Å²) in [7, 11) is 0. The fourth-order valence-electron chi connectivity index (χ4n) is 1.13. The second-order valence-corrected chi connectivity index (χ2v) is 3.00. The van der Waals surface area contributed by atoms with Gasteiger partial charge in [0, 0.05) is 5.92 Å². The lowest BCUT2D eigenvalue weighted by molar-refractivity contribution is 0.373. The van der Waals surface area contributed by atoms with Crippen molar-refractivity contribution in [1.82, 2.24) is 10.1 Å². The molecule has 1 heterocycles. The summed E-state index contributed by atoms with van der Waals surface area (Å²) < 4.78 is 5.00. The average Bonchev–Trinajstić information content (AvgIpc) is 2.42. The lowest BCUT2D eigenvalue weighted by Gasteiger charge is -1.82. The van der Waals surface area contributed by atoms with Crippen LogP contribution in [0.15, 0.2) is 4.52 Å². The van der Waals surface area contributed by atoms with Gasteiger partial charge < -0.3 is 4.52 Å². The SMILES string of the molecule is Cc1noc([C@H]2C[C@@H]2C)n1. The van der Waals surface area contributed by atoms with Gasteiger partial charge in [-0.3, -0.25) is 0 Å². The molecule has 0 spiro atoms. The van der Waals surface area contributed by atoms with Crippen LogP contribution in [-0.2, 0) is 0 Å². The summed E-state index contributed by atoms with van der Waals surface area (Å²) >= 11 is 0. The molecule has 1 aliphatic rings. The van der Waals surface area contributed by atoms with Gasteiger partial charge in [0.1, 0.15) is 0 Å². The van der Waals surface area contributed by atoms with Crippen molar-refractivity contribution < 1.29 is 4.52 Å². The van der Waals surface area contributed by atoms with E-state index < -0.39 is 0 Å². The van der Waals surface area contributed by atoms with E-state index in [1.54, 1.807) is 0 Å². The van der Waals surface area contributed by atoms with Gasteiger partial charge in [-0.15, -0.1) is 0 Å². The molecule has 1 aliphatic carbocycles. The van der Waals surface area contributed by atoms with Gasteiger partial charge in [0.05, 0.1) is 0 Å². The molecule has 1 aromatic heterocycles. The van der Waals surface area contributed by atoms with Crippen LogP contribution in [0.25, 0.3) is 0 Å². The molecule has 0 saturated heterocycles.